The Balaban J connectivity index is 2.58. The van der Waals surface area contributed by atoms with Gasteiger partial charge in [0.15, 0.2) is 12.4 Å². The first-order valence-electron chi connectivity index (χ1n) is 2.73. The summed E-state index contributed by atoms with van der Waals surface area (Å²) in [6.07, 6.45) is 6.21. The topological polar surface area (TPSA) is 6.25 Å². The number of hydrogen-bond donors (Lipinski definition) is 0. The zero-order valence-corrected chi connectivity index (χ0v) is 5.33. The van der Waals surface area contributed by atoms with Crippen LogP contribution in [0.1, 0.15) is 0 Å². The van der Waals surface area contributed by atoms with E-state index < -0.39 is 0 Å². The lowest BCUT2D eigenvalue weighted by atomic mass is 10.5. The Labute approximate surface area is 49.7 Å². The quantitative estimate of drug-likeness (QED) is 0.402. The van der Waals surface area contributed by atoms with E-state index in [1.54, 1.807) is 0 Å². The highest BCUT2D eigenvalue weighted by molar-refractivity contribution is 5.54. The number of nitrogens with zero attached hydrogens (tertiary/aromatic N) is 2. The second-order valence-corrected chi connectivity index (χ2v) is 2.09. The van der Waals surface area contributed by atoms with Crippen molar-refractivity contribution in [2.75, 3.05) is 20.6 Å². The van der Waals surface area contributed by atoms with Gasteiger partial charge in [-0.3, -0.25) is 0 Å². The minimum absolute atomic E-state index is 1.02. The monoisotopic (exact) mass is 111 g/mol. The van der Waals surface area contributed by atoms with E-state index in [0.29, 0.717) is 0 Å². The van der Waals surface area contributed by atoms with Crippen LogP contribution in [0.15, 0.2) is 12.4 Å². The van der Waals surface area contributed by atoms with Crippen LogP contribution >= 0.6 is 0 Å². The van der Waals surface area contributed by atoms with Gasteiger partial charge >= 0.3 is 0 Å². The minimum Gasteiger partial charge on any atom is -0.366 e. The molecule has 0 bridgehead atoms. The molecule has 0 saturated carbocycles. The molecule has 0 aliphatic carbocycles. The van der Waals surface area contributed by atoms with E-state index in [4.69, 9.17) is 0 Å². The molecule has 0 N–H and O–H groups in total. The third kappa shape index (κ3) is 1.09. The van der Waals surface area contributed by atoms with Gasteiger partial charge in [0.25, 0.3) is 0 Å². The summed E-state index contributed by atoms with van der Waals surface area (Å²) >= 11 is 0. The van der Waals surface area contributed by atoms with Crippen molar-refractivity contribution in [2.24, 2.45) is 0 Å². The van der Waals surface area contributed by atoms with E-state index in [0.717, 1.165) is 6.54 Å². The molecule has 1 heterocycles. The molecular weight excluding hydrogens is 100 g/mol. The predicted molar refractivity (Wildman–Crippen MR) is 34.0 cm³/mol. The summed E-state index contributed by atoms with van der Waals surface area (Å²) in [5, 5.41) is 0. The van der Waals surface area contributed by atoms with Crippen LogP contribution in [-0.4, -0.2) is 36.3 Å². The van der Waals surface area contributed by atoms with Crippen molar-refractivity contribution in [2.45, 2.75) is 0 Å². The van der Waals surface area contributed by atoms with Gasteiger partial charge in [0.2, 0.25) is 0 Å². The van der Waals surface area contributed by atoms with Gasteiger partial charge in [0.05, 0.1) is 12.7 Å². The highest BCUT2D eigenvalue weighted by atomic mass is 15.1. The molecule has 0 spiro atoms. The molecule has 0 radical (unpaired) electrons. The average molecular weight is 111 g/mol. The maximum atomic E-state index is 2.12. The van der Waals surface area contributed by atoms with Crippen LogP contribution in [0, 0.1) is 0 Å². The van der Waals surface area contributed by atoms with Gasteiger partial charge in [-0.2, -0.15) is 0 Å². The second-order valence-electron chi connectivity index (χ2n) is 2.09. The largest absolute Gasteiger partial charge is 0.366 e. The predicted octanol–water partition coefficient (Wildman–Crippen LogP) is 0.116. The first-order chi connectivity index (χ1) is 3.79. The lowest BCUT2D eigenvalue weighted by Crippen LogP contribution is -2.21. The first kappa shape index (κ1) is 5.35. The van der Waals surface area contributed by atoms with Gasteiger partial charge < -0.3 is 4.90 Å². The molecular formula is C6H11N2+. The SMILES string of the molecule is CN1C=C[N+](C)=CC1. The van der Waals surface area contributed by atoms with Crippen LogP contribution in [-0.2, 0) is 0 Å². The summed E-state index contributed by atoms with van der Waals surface area (Å²) in [5.41, 5.74) is 0. The van der Waals surface area contributed by atoms with Crippen molar-refractivity contribution in [3.63, 3.8) is 0 Å². The molecule has 0 amide bonds. The molecule has 1 rings (SSSR count). The van der Waals surface area contributed by atoms with Crippen LogP contribution in [0.2, 0.25) is 0 Å². The Kier molecular flexibility index (Phi) is 1.33. The van der Waals surface area contributed by atoms with Gasteiger partial charge in [-0.25, -0.2) is 4.58 Å². The molecule has 0 saturated heterocycles. The Hall–Kier alpha value is -0.790. The van der Waals surface area contributed by atoms with Gasteiger partial charge in [-0.1, -0.05) is 0 Å². The normalized spacial score (nSPS) is 18.8. The molecule has 0 aromatic heterocycles. The van der Waals surface area contributed by atoms with Crippen LogP contribution in [0.5, 0.6) is 0 Å². The van der Waals surface area contributed by atoms with Crippen molar-refractivity contribution in [3.05, 3.63) is 12.4 Å². The van der Waals surface area contributed by atoms with E-state index >= 15 is 0 Å². The first-order valence-corrected chi connectivity index (χ1v) is 2.73. The minimum atomic E-state index is 1.02. The van der Waals surface area contributed by atoms with Crippen molar-refractivity contribution in [3.8, 4) is 0 Å². The molecule has 44 valence electrons. The lowest BCUT2D eigenvalue weighted by molar-refractivity contribution is -0.421. The van der Waals surface area contributed by atoms with Crippen molar-refractivity contribution in [1.82, 2.24) is 4.90 Å². The molecule has 0 aromatic carbocycles. The molecule has 0 atom stereocenters. The maximum absolute atomic E-state index is 2.12. The smallest absolute Gasteiger partial charge is 0.184 e. The molecule has 0 aromatic rings. The number of hydrogen-bond acceptors (Lipinski definition) is 1. The lowest BCUT2D eigenvalue weighted by Gasteiger charge is -2.10. The molecule has 0 fully saturated rings. The third-order valence-corrected chi connectivity index (χ3v) is 1.21. The zero-order valence-electron chi connectivity index (χ0n) is 5.33. The molecule has 8 heavy (non-hydrogen) atoms. The fourth-order valence-electron chi connectivity index (χ4n) is 0.598. The van der Waals surface area contributed by atoms with Crippen LogP contribution in [0.25, 0.3) is 0 Å². The van der Waals surface area contributed by atoms with E-state index in [1.165, 1.54) is 0 Å². The van der Waals surface area contributed by atoms with Crippen molar-refractivity contribution < 1.29 is 4.58 Å². The standard InChI is InChI=1S/C6H11N2/c1-7-3-5-8(2)6-4-7/h3-5H,6H2,1-2H3/q+1. The summed E-state index contributed by atoms with van der Waals surface area (Å²) < 4.78 is 2.06. The van der Waals surface area contributed by atoms with Gasteiger partial charge in [-0.15, -0.1) is 0 Å². The average Bonchev–Trinajstić information content (AvgIpc) is 1.77. The highest BCUT2D eigenvalue weighted by Crippen LogP contribution is 1.86. The van der Waals surface area contributed by atoms with E-state index in [1.807, 2.05) is 13.2 Å². The van der Waals surface area contributed by atoms with Crippen LogP contribution in [0.4, 0.5) is 0 Å². The summed E-state index contributed by atoms with van der Waals surface area (Å²) in [6.45, 7) is 1.02. The molecule has 1 aliphatic heterocycles. The molecule has 2 nitrogen and oxygen atoms in total. The van der Waals surface area contributed by atoms with Crippen LogP contribution in [0.3, 0.4) is 0 Å². The van der Waals surface area contributed by atoms with Crippen LogP contribution < -0.4 is 0 Å². The van der Waals surface area contributed by atoms with Gasteiger partial charge in [0, 0.05) is 7.05 Å². The zero-order chi connectivity index (χ0) is 5.98. The van der Waals surface area contributed by atoms with E-state index in [-0.39, 0.29) is 0 Å². The summed E-state index contributed by atoms with van der Waals surface area (Å²) in [6, 6.07) is 0. The van der Waals surface area contributed by atoms with E-state index in [2.05, 4.69) is 28.9 Å². The fraction of sp³-hybridized carbons (Fsp3) is 0.500. The Bertz CT molecular complexity index is 135. The Morgan fingerprint density at radius 2 is 2.38 bits per heavy atom. The summed E-state index contributed by atoms with van der Waals surface area (Å²) in [4.78, 5) is 2.12. The highest BCUT2D eigenvalue weighted by Gasteiger charge is 1.98. The molecule has 0 unspecified atom stereocenters. The van der Waals surface area contributed by atoms with Crippen molar-refractivity contribution >= 4 is 6.21 Å². The number of rotatable bonds is 0. The summed E-state index contributed by atoms with van der Waals surface area (Å²) in [7, 11) is 4.09. The van der Waals surface area contributed by atoms with Crippen molar-refractivity contribution in [1.29, 1.82) is 0 Å². The summed E-state index contributed by atoms with van der Waals surface area (Å²) in [5.74, 6) is 0. The van der Waals surface area contributed by atoms with Gasteiger partial charge in [-0.05, 0) is 0 Å². The second kappa shape index (κ2) is 1.99. The van der Waals surface area contributed by atoms with E-state index in [9.17, 15) is 0 Å². The third-order valence-electron chi connectivity index (χ3n) is 1.21. The molecule has 1 aliphatic rings. The Morgan fingerprint density at radius 3 is 2.75 bits per heavy atom. The molecule has 2 heteroatoms. The maximum Gasteiger partial charge on any atom is 0.184 e. The Morgan fingerprint density at radius 1 is 1.62 bits per heavy atom. The van der Waals surface area contributed by atoms with Gasteiger partial charge in [0.1, 0.15) is 7.05 Å². The fourth-order valence-corrected chi connectivity index (χ4v) is 0.598.